The molecule has 0 aromatic heterocycles. The fourth-order valence-corrected chi connectivity index (χ4v) is 2.91. The van der Waals surface area contributed by atoms with E-state index in [0.29, 0.717) is 5.02 Å². The van der Waals surface area contributed by atoms with Crippen LogP contribution < -0.4 is 0 Å². The monoisotopic (exact) mass is 410 g/mol. The van der Waals surface area contributed by atoms with Gasteiger partial charge >= 0.3 is 0 Å². The first-order valence-corrected chi connectivity index (χ1v) is 7.65. The molecule has 2 rings (SSSR count). The van der Waals surface area contributed by atoms with E-state index in [4.69, 9.17) is 34.8 Å². The Bertz CT molecular complexity index is 515. The van der Waals surface area contributed by atoms with Crippen LogP contribution in [0.4, 0.5) is 0 Å². The molecule has 2 aromatic rings. The molecule has 0 spiro atoms. The molecule has 0 atom stereocenters. The largest absolute Gasteiger partial charge is 0.0843 e. The molecule has 0 aliphatic carbocycles. The summed E-state index contributed by atoms with van der Waals surface area (Å²) in [6, 6.07) is 11.6. The van der Waals surface area contributed by atoms with Gasteiger partial charge in [-0.15, -0.1) is 0 Å². The summed E-state index contributed by atoms with van der Waals surface area (Å²) in [5, 5.41) is 2.26. The van der Waals surface area contributed by atoms with Crippen molar-refractivity contribution in [3.63, 3.8) is 0 Å². The third-order valence-electron chi connectivity index (χ3n) is 2.68. The standard InChI is InChI=1S/C14H10Cl3I/c15-11-3-5-13(16)9(7-11)1-2-10-8-12(18)4-6-14(10)17/h3-8H,1-2H2. The Hall–Kier alpha value is 0.0400. The van der Waals surface area contributed by atoms with Crippen LogP contribution in [0, 0.1) is 3.57 Å². The minimum Gasteiger partial charge on any atom is -0.0843 e. The van der Waals surface area contributed by atoms with Gasteiger partial charge in [-0.3, -0.25) is 0 Å². The second-order valence-electron chi connectivity index (χ2n) is 3.97. The Labute approximate surface area is 135 Å². The van der Waals surface area contributed by atoms with E-state index < -0.39 is 0 Å². The third-order valence-corrected chi connectivity index (χ3v) is 4.32. The molecule has 0 saturated carbocycles. The highest BCUT2D eigenvalue weighted by atomic mass is 127. The van der Waals surface area contributed by atoms with Crippen molar-refractivity contribution in [1.82, 2.24) is 0 Å². The fraction of sp³-hybridized carbons (Fsp3) is 0.143. The predicted octanol–water partition coefficient (Wildman–Crippen LogP) is 6.04. The lowest BCUT2D eigenvalue weighted by Crippen LogP contribution is -1.94. The van der Waals surface area contributed by atoms with Crippen LogP contribution in [-0.2, 0) is 12.8 Å². The molecule has 0 unspecified atom stereocenters. The van der Waals surface area contributed by atoms with E-state index >= 15 is 0 Å². The Morgan fingerprint density at radius 3 is 2.00 bits per heavy atom. The first-order valence-electron chi connectivity index (χ1n) is 5.44. The van der Waals surface area contributed by atoms with Gasteiger partial charge in [0.15, 0.2) is 0 Å². The van der Waals surface area contributed by atoms with Gasteiger partial charge in [0, 0.05) is 18.6 Å². The predicted molar refractivity (Wildman–Crippen MR) is 88.0 cm³/mol. The van der Waals surface area contributed by atoms with Crippen LogP contribution >= 0.6 is 57.4 Å². The normalized spacial score (nSPS) is 10.7. The van der Waals surface area contributed by atoms with E-state index in [1.54, 1.807) is 6.07 Å². The Morgan fingerprint density at radius 2 is 1.33 bits per heavy atom. The summed E-state index contributed by atoms with van der Waals surface area (Å²) in [5.41, 5.74) is 2.19. The van der Waals surface area contributed by atoms with Gasteiger partial charge in [-0.1, -0.05) is 34.8 Å². The van der Waals surface area contributed by atoms with Gasteiger partial charge in [0.05, 0.1) is 0 Å². The van der Waals surface area contributed by atoms with Gasteiger partial charge in [0.2, 0.25) is 0 Å². The van der Waals surface area contributed by atoms with Crippen molar-refractivity contribution in [1.29, 1.82) is 0 Å². The maximum absolute atomic E-state index is 6.17. The van der Waals surface area contributed by atoms with Crippen molar-refractivity contribution in [2.24, 2.45) is 0 Å². The average Bonchev–Trinajstić information content (AvgIpc) is 2.34. The van der Waals surface area contributed by atoms with Crippen LogP contribution in [0.1, 0.15) is 11.1 Å². The fourth-order valence-electron chi connectivity index (χ4n) is 1.74. The molecule has 0 bridgehead atoms. The van der Waals surface area contributed by atoms with Crippen molar-refractivity contribution in [2.45, 2.75) is 12.8 Å². The van der Waals surface area contributed by atoms with E-state index in [1.807, 2.05) is 24.3 Å². The molecular formula is C14H10Cl3I. The molecule has 4 heteroatoms. The van der Waals surface area contributed by atoms with E-state index in [0.717, 1.165) is 34.0 Å². The van der Waals surface area contributed by atoms with Crippen LogP contribution in [0.3, 0.4) is 0 Å². The quantitative estimate of drug-likeness (QED) is 0.541. The van der Waals surface area contributed by atoms with Crippen LogP contribution in [-0.4, -0.2) is 0 Å². The molecule has 0 saturated heterocycles. The number of halogens is 4. The van der Waals surface area contributed by atoms with Gasteiger partial charge in [0.1, 0.15) is 0 Å². The maximum Gasteiger partial charge on any atom is 0.0439 e. The van der Waals surface area contributed by atoms with Gasteiger partial charge < -0.3 is 0 Å². The zero-order valence-corrected chi connectivity index (χ0v) is 13.8. The zero-order chi connectivity index (χ0) is 13.1. The van der Waals surface area contributed by atoms with Gasteiger partial charge in [0.25, 0.3) is 0 Å². The summed E-state index contributed by atoms with van der Waals surface area (Å²) in [6.45, 7) is 0. The molecule has 0 aliphatic heterocycles. The summed E-state index contributed by atoms with van der Waals surface area (Å²) in [7, 11) is 0. The molecule has 0 fully saturated rings. The number of aryl methyl sites for hydroxylation is 2. The highest BCUT2D eigenvalue weighted by molar-refractivity contribution is 14.1. The van der Waals surface area contributed by atoms with E-state index in [9.17, 15) is 0 Å². The van der Waals surface area contributed by atoms with Crippen LogP contribution in [0.2, 0.25) is 15.1 Å². The lowest BCUT2D eigenvalue weighted by molar-refractivity contribution is 0.959. The Kier molecular flexibility index (Phi) is 5.19. The number of rotatable bonds is 3. The smallest absolute Gasteiger partial charge is 0.0439 e. The molecule has 94 valence electrons. The molecule has 0 aliphatic rings. The van der Waals surface area contributed by atoms with Crippen LogP contribution in [0.15, 0.2) is 36.4 Å². The second-order valence-corrected chi connectivity index (χ2v) is 6.47. The van der Waals surface area contributed by atoms with Gasteiger partial charge in [-0.2, -0.15) is 0 Å². The SMILES string of the molecule is Clc1ccc(Cl)c(CCc2cc(I)ccc2Cl)c1. The van der Waals surface area contributed by atoms with Crippen LogP contribution in [0.25, 0.3) is 0 Å². The molecular weight excluding hydrogens is 401 g/mol. The third kappa shape index (κ3) is 3.77. The topological polar surface area (TPSA) is 0 Å². The maximum atomic E-state index is 6.17. The summed E-state index contributed by atoms with van der Waals surface area (Å²) < 4.78 is 1.18. The highest BCUT2D eigenvalue weighted by Gasteiger charge is 2.05. The molecule has 0 heterocycles. The molecule has 0 nitrogen and oxygen atoms in total. The first kappa shape index (κ1) is 14.4. The minimum absolute atomic E-state index is 0.711. The zero-order valence-electron chi connectivity index (χ0n) is 9.39. The van der Waals surface area contributed by atoms with Crippen molar-refractivity contribution >= 4 is 57.4 Å². The molecule has 0 N–H and O–H groups in total. The van der Waals surface area contributed by atoms with E-state index in [2.05, 4.69) is 28.7 Å². The minimum atomic E-state index is 0.711. The Morgan fingerprint density at radius 1 is 0.778 bits per heavy atom. The number of benzene rings is 2. The highest BCUT2D eigenvalue weighted by Crippen LogP contribution is 2.25. The summed E-state index contributed by atoms with van der Waals surface area (Å²) in [5.74, 6) is 0. The summed E-state index contributed by atoms with van der Waals surface area (Å²) >= 11 is 20.6. The number of hydrogen-bond acceptors (Lipinski definition) is 0. The van der Waals surface area contributed by atoms with Gasteiger partial charge in [-0.25, -0.2) is 0 Å². The molecule has 0 radical (unpaired) electrons. The van der Waals surface area contributed by atoms with Crippen molar-refractivity contribution < 1.29 is 0 Å². The molecule has 0 amide bonds. The van der Waals surface area contributed by atoms with Crippen molar-refractivity contribution in [3.8, 4) is 0 Å². The first-order chi connectivity index (χ1) is 8.56. The lowest BCUT2D eigenvalue weighted by Gasteiger charge is -2.07. The second kappa shape index (κ2) is 6.47. The van der Waals surface area contributed by atoms with Gasteiger partial charge in [-0.05, 0) is 83.0 Å². The average molecular weight is 411 g/mol. The lowest BCUT2D eigenvalue weighted by atomic mass is 10.0. The summed E-state index contributed by atoms with van der Waals surface area (Å²) in [4.78, 5) is 0. The number of hydrogen-bond donors (Lipinski definition) is 0. The summed E-state index contributed by atoms with van der Waals surface area (Å²) in [6.07, 6.45) is 1.69. The van der Waals surface area contributed by atoms with Crippen molar-refractivity contribution in [3.05, 3.63) is 66.2 Å². The van der Waals surface area contributed by atoms with E-state index in [1.165, 1.54) is 3.57 Å². The Balaban J connectivity index is 2.16. The van der Waals surface area contributed by atoms with Crippen molar-refractivity contribution in [2.75, 3.05) is 0 Å². The van der Waals surface area contributed by atoms with E-state index in [-0.39, 0.29) is 0 Å². The van der Waals surface area contributed by atoms with Crippen LogP contribution in [0.5, 0.6) is 0 Å². The molecule has 2 aromatic carbocycles. The molecule has 18 heavy (non-hydrogen) atoms.